The molecule has 0 bridgehead atoms. The lowest BCUT2D eigenvalue weighted by Gasteiger charge is -2.23. The van der Waals surface area contributed by atoms with Gasteiger partial charge >= 0.3 is 5.97 Å². The summed E-state index contributed by atoms with van der Waals surface area (Å²) in [6.07, 6.45) is 1.02. The van der Waals surface area contributed by atoms with Crippen molar-refractivity contribution in [3.63, 3.8) is 0 Å². The molecule has 154 valence electrons. The maximum absolute atomic E-state index is 12.9. The van der Waals surface area contributed by atoms with E-state index in [0.717, 1.165) is 0 Å². The average molecular weight is 437 g/mol. The molecule has 1 aliphatic rings. The molecular formula is C20H21ClN2O5S. The molecule has 0 spiro atoms. The van der Waals surface area contributed by atoms with Crippen LogP contribution in [0.4, 0.5) is 5.69 Å². The molecule has 0 aliphatic carbocycles. The predicted molar refractivity (Wildman–Crippen MR) is 109 cm³/mol. The highest BCUT2D eigenvalue weighted by atomic mass is 35.5. The molecule has 3 rings (SSSR count). The van der Waals surface area contributed by atoms with Crippen molar-refractivity contribution in [3.8, 4) is 0 Å². The number of ether oxygens (including phenoxy) is 1. The fraction of sp³-hybridized carbons (Fsp3) is 0.300. The van der Waals surface area contributed by atoms with Gasteiger partial charge in [-0.2, -0.15) is 4.31 Å². The van der Waals surface area contributed by atoms with Crippen LogP contribution in [0.3, 0.4) is 0 Å². The number of hydrogen-bond acceptors (Lipinski definition) is 5. The van der Waals surface area contributed by atoms with Crippen molar-refractivity contribution in [1.82, 2.24) is 4.31 Å². The zero-order valence-corrected chi connectivity index (χ0v) is 17.4. The summed E-state index contributed by atoms with van der Waals surface area (Å²) in [4.78, 5) is 24.6. The van der Waals surface area contributed by atoms with Gasteiger partial charge in [0.2, 0.25) is 15.9 Å². The van der Waals surface area contributed by atoms with E-state index in [1.165, 1.54) is 28.6 Å². The normalized spacial score (nSPS) is 17.1. The van der Waals surface area contributed by atoms with E-state index in [4.69, 9.17) is 16.3 Å². The average Bonchev–Trinajstić information content (AvgIpc) is 3.20. The Morgan fingerprint density at radius 2 is 1.79 bits per heavy atom. The van der Waals surface area contributed by atoms with Gasteiger partial charge < -0.3 is 10.1 Å². The smallest absolute Gasteiger partial charge is 0.338 e. The lowest BCUT2D eigenvalue weighted by Crippen LogP contribution is -2.43. The van der Waals surface area contributed by atoms with E-state index in [2.05, 4.69) is 5.32 Å². The molecule has 0 radical (unpaired) electrons. The fourth-order valence-corrected chi connectivity index (χ4v) is 4.94. The number of halogens is 1. The van der Waals surface area contributed by atoms with E-state index in [1.54, 1.807) is 31.2 Å². The number of esters is 1. The van der Waals surface area contributed by atoms with Crippen LogP contribution in [0, 0.1) is 0 Å². The van der Waals surface area contributed by atoms with Crippen LogP contribution in [-0.2, 0) is 19.6 Å². The summed E-state index contributed by atoms with van der Waals surface area (Å²) in [5.74, 6) is -0.856. The van der Waals surface area contributed by atoms with Gasteiger partial charge in [-0.25, -0.2) is 13.2 Å². The van der Waals surface area contributed by atoms with Crippen LogP contribution in [-0.4, -0.2) is 43.8 Å². The summed E-state index contributed by atoms with van der Waals surface area (Å²) in [5.41, 5.74) is 0.844. The first kappa shape index (κ1) is 21.3. The highest BCUT2D eigenvalue weighted by Crippen LogP contribution is 2.27. The molecule has 0 saturated carbocycles. The van der Waals surface area contributed by atoms with Gasteiger partial charge in [0.1, 0.15) is 6.04 Å². The van der Waals surface area contributed by atoms with Crippen molar-refractivity contribution < 1.29 is 22.7 Å². The molecule has 7 nitrogen and oxygen atoms in total. The topological polar surface area (TPSA) is 92.8 Å². The third-order valence-electron chi connectivity index (χ3n) is 4.59. The second-order valence-electron chi connectivity index (χ2n) is 6.51. The van der Waals surface area contributed by atoms with E-state index < -0.39 is 27.9 Å². The second kappa shape index (κ2) is 8.94. The summed E-state index contributed by atoms with van der Waals surface area (Å²) >= 11 is 5.84. The first-order chi connectivity index (χ1) is 13.8. The Labute approximate surface area is 174 Å². The van der Waals surface area contributed by atoms with E-state index in [0.29, 0.717) is 29.1 Å². The van der Waals surface area contributed by atoms with Crippen LogP contribution in [0.5, 0.6) is 0 Å². The Morgan fingerprint density at radius 3 is 2.41 bits per heavy atom. The Hall–Kier alpha value is -2.42. The number of amides is 1. The molecule has 1 heterocycles. The Kier molecular flexibility index (Phi) is 6.56. The van der Waals surface area contributed by atoms with Crippen molar-refractivity contribution in [1.29, 1.82) is 0 Å². The van der Waals surface area contributed by atoms with Gasteiger partial charge in [-0.05, 0) is 68.3 Å². The minimum absolute atomic E-state index is 0.0976. The van der Waals surface area contributed by atoms with Crippen LogP contribution in [0.15, 0.2) is 53.4 Å². The summed E-state index contributed by atoms with van der Waals surface area (Å²) in [6.45, 7) is 2.26. The van der Waals surface area contributed by atoms with Gasteiger partial charge in [0.05, 0.1) is 17.1 Å². The number of hydrogen-bond donors (Lipinski definition) is 1. The minimum atomic E-state index is -3.81. The number of carbonyl (C=O) groups is 2. The maximum Gasteiger partial charge on any atom is 0.338 e. The molecule has 1 N–H and O–H groups in total. The first-order valence-electron chi connectivity index (χ1n) is 9.18. The van der Waals surface area contributed by atoms with Gasteiger partial charge in [-0.15, -0.1) is 0 Å². The summed E-state index contributed by atoms with van der Waals surface area (Å²) in [6, 6.07) is 11.3. The van der Waals surface area contributed by atoms with Crippen molar-refractivity contribution in [3.05, 3.63) is 59.1 Å². The fourth-order valence-electron chi connectivity index (χ4n) is 3.16. The third-order valence-corrected chi connectivity index (χ3v) is 6.76. The zero-order valence-electron chi connectivity index (χ0n) is 15.8. The minimum Gasteiger partial charge on any atom is -0.462 e. The lowest BCUT2D eigenvalue weighted by atomic mass is 10.2. The second-order valence-corrected chi connectivity index (χ2v) is 8.84. The van der Waals surface area contributed by atoms with Gasteiger partial charge in [0.15, 0.2) is 0 Å². The van der Waals surface area contributed by atoms with E-state index in [-0.39, 0.29) is 18.0 Å². The number of rotatable bonds is 6. The van der Waals surface area contributed by atoms with Crippen LogP contribution >= 0.6 is 11.6 Å². The summed E-state index contributed by atoms with van der Waals surface area (Å²) in [7, 11) is -3.81. The molecule has 2 aromatic rings. The third kappa shape index (κ3) is 4.77. The quantitative estimate of drug-likeness (QED) is 0.701. The van der Waals surface area contributed by atoms with Crippen molar-refractivity contribution in [2.24, 2.45) is 0 Å². The van der Waals surface area contributed by atoms with Gasteiger partial charge in [-0.1, -0.05) is 11.6 Å². The van der Waals surface area contributed by atoms with Gasteiger partial charge in [0, 0.05) is 17.3 Å². The van der Waals surface area contributed by atoms with Gasteiger partial charge in [-0.3, -0.25) is 4.79 Å². The highest BCUT2D eigenvalue weighted by molar-refractivity contribution is 7.89. The van der Waals surface area contributed by atoms with Crippen molar-refractivity contribution in [2.75, 3.05) is 18.5 Å². The maximum atomic E-state index is 12.9. The number of carbonyl (C=O) groups excluding carboxylic acids is 2. The molecular weight excluding hydrogens is 416 g/mol. The molecule has 1 fully saturated rings. The zero-order chi connectivity index (χ0) is 21.0. The molecule has 1 atom stereocenters. The van der Waals surface area contributed by atoms with E-state index in [1.807, 2.05) is 0 Å². The SMILES string of the molecule is CCOC(=O)c1ccc(NC(=O)C2CCCN2S(=O)(=O)c2ccc(Cl)cc2)cc1. The Morgan fingerprint density at radius 1 is 1.14 bits per heavy atom. The Balaban J connectivity index is 1.73. The number of sulfonamides is 1. The van der Waals surface area contributed by atoms with Crippen molar-refractivity contribution >= 4 is 39.2 Å². The van der Waals surface area contributed by atoms with E-state index in [9.17, 15) is 18.0 Å². The summed E-state index contributed by atoms with van der Waals surface area (Å²) in [5, 5.41) is 3.16. The number of nitrogens with zero attached hydrogens (tertiary/aromatic N) is 1. The molecule has 1 aliphatic heterocycles. The molecule has 1 saturated heterocycles. The first-order valence-corrected chi connectivity index (χ1v) is 11.0. The molecule has 2 aromatic carbocycles. The molecule has 1 amide bonds. The molecule has 29 heavy (non-hydrogen) atoms. The standard InChI is InChI=1S/C20H21ClN2O5S/c1-2-28-20(25)14-5-9-16(10-6-14)22-19(24)18-4-3-13-23(18)29(26,27)17-11-7-15(21)8-12-17/h5-12,18H,2-4,13H2,1H3,(H,22,24). The highest BCUT2D eigenvalue weighted by Gasteiger charge is 2.39. The van der Waals surface area contributed by atoms with Crippen molar-refractivity contribution in [2.45, 2.75) is 30.7 Å². The Bertz CT molecular complexity index is 991. The predicted octanol–water partition coefficient (Wildman–Crippen LogP) is 3.31. The molecule has 9 heteroatoms. The molecule has 0 aromatic heterocycles. The largest absolute Gasteiger partial charge is 0.462 e. The van der Waals surface area contributed by atoms with E-state index >= 15 is 0 Å². The summed E-state index contributed by atoms with van der Waals surface area (Å²) < 4.78 is 32.0. The monoisotopic (exact) mass is 436 g/mol. The van der Waals surface area contributed by atoms with Crippen LogP contribution in [0.1, 0.15) is 30.1 Å². The van der Waals surface area contributed by atoms with Crippen LogP contribution in [0.2, 0.25) is 5.02 Å². The van der Waals surface area contributed by atoms with Crippen LogP contribution in [0.25, 0.3) is 0 Å². The molecule has 1 unspecified atom stereocenters. The van der Waals surface area contributed by atoms with Crippen LogP contribution < -0.4 is 5.32 Å². The lowest BCUT2D eigenvalue weighted by molar-refractivity contribution is -0.119. The number of anilines is 1. The van der Waals surface area contributed by atoms with Gasteiger partial charge in [0.25, 0.3) is 0 Å². The number of benzene rings is 2. The number of nitrogens with one attached hydrogen (secondary N) is 1.